The molecule has 7 rings (SSSR count). The molecule has 2 aliphatic heterocycles. The SMILES string of the molecule is Cc1ccc(N2COc3ccc(OP(=O)(Oc4ccccc4)Oc4ccc5c(c4)CN(c4ccc(F)cc4)CO5)cc3C2)cc1. The summed E-state index contributed by atoms with van der Waals surface area (Å²) in [5, 5.41) is 0. The predicted molar refractivity (Wildman–Crippen MR) is 170 cm³/mol. The number of phosphoric acid groups is 1. The molecule has 2 aliphatic rings. The zero-order chi connectivity index (χ0) is 30.8. The van der Waals surface area contributed by atoms with E-state index in [1.165, 1.54) is 17.7 Å². The Morgan fingerprint density at radius 2 is 1.11 bits per heavy atom. The fourth-order valence-corrected chi connectivity index (χ4v) is 6.45. The summed E-state index contributed by atoms with van der Waals surface area (Å²) >= 11 is 0. The van der Waals surface area contributed by atoms with Gasteiger partial charge in [0, 0.05) is 35.6 Å². The summed E-state index contributed by atoms with van der Waals surface area (Å²) < 4.78 is 57.7. The highest BCUT2D eigenvalue weighted by atomic mass is 31.2. The van der Waals surface area contributed by atoms with E-state index in [4.69, 9.17) is 23.0 Å². The summed E-state index contributed by atoms with van der Waals surface area (Å²) in [4.78, 5) is 4.06. The largest absolute Gasteiger partial charge is 0.647 e. The van der Waals surface area contributed by atoms with Gasteiger partial charge in [-0.3, -0.25) is 0 Å². The van der Waals surface area contributed by atoms with Crippen LogP contribution in [0.25, 0.3) is 0 Å². The molecule has 228 valence electrons. The number of benzene rings is 5. The van der Waals surface area contributed by atoms with Gasteiger partial charge in [0.25, 0.3) is 0 Å². The molecule has 8 nitrogen and oxygen atoms in total. The van der Waals surface area contributed by atoms with E-state index in [0.29, 0.717) is 43.8 Å². The van der Waals surface area contributed by atoms with Crippen molar-refractivity contribution in [2.45, 2.75) is 20.0 Å². The first-order valence-corrected chi connectivity index (χ1v) is 15.9. The molecule has 0 aliphatic carbocycles. The van der Waals surface area contributed by atoms with Crippen LogP contribution in [-0.4, -0.2) is 13.5 Å². The topological polar surface area (TPSA) is 69.7 Å². The summed E-state index contributed by atoms with van der Waals surface area (Å²) in [6, 6.07) is 33.6. The third-order valence-electron chi connectivity index (χ3n) is 7.52. The van der Waals surface area contributed by atoms with Gasteiger partial charge in [0.2, 0.25) is 0 Å². The van der Waals surface area contributed by atoms with Gasteiger partial charge in [0.05, 0.1) is 0 Å². The zero-order valence-electron chi connectivity index (χ0n) is 24.5. The molecule has 0 bridgehead atoms. The summed E-state index contributed by atoms with van der Waals surface area (Å²) in [6.07, 6.45) is 0. The van der Waals surface area contributed by atoms with Crippen LogP contribution in [0.3, 0.4) is 0 Å². The number of ether oxygens (including phenoxy) is 2. The van der Waals surface area contributed by atoms with Crippen LogP contribution in [-0.2, 0) is 17.7 Å². The zero-order valence-corrected chi connectivity index (χ0v) is 25.4. The van der Waals surface area contributed by atoms with Crippen molar-refractivity contribution < 1.29 is 32.0 Å². The summed E-state index contributed by atoms with van der Waals surface area (Å²) in [6.45, 7) is 3.82. The Morgan fingerprint density at radius 1 is 0.622 bits per heavy atom. The number of fused-ring (bicyclic) bond motifs is 2. The molecule has 0 amide bonds. The highest BCUT2D eigenvalue weighted by Crippen LogP contribution is 2.51. The normalized spacial score (nSPS) is 15.1. The quantitative estimate of drug-likeness (QED) is 0.159. The Morgan fingerprint density at radius 3 is 1.64 bits per heavy atom. The first-order chi connectivity index (χ1) is 21.9. The average Bonchev–Trinajstić information content (AvgIpc) is 3.05. The number of para-hydroxylation sites is 1. The lowest BCUT2D eigenvalue weighted by atomic mass is 10.1. The van der Waals surface area contributed by atoms with Crippen molar-refractivity contribution in [3.63, 3.8) is 0 Å². The van der Waals surface area contributed by atoms with Gasteiger partial charge in [-0.05, 0) is 91.9 Å². The van der Waals surface area contributed by atoms with Crippen LogP contribution in [0.5, 0.6) is 28.7 Å². The fraction of sp³-hybridized carbons (Fsp3) is 0.143. The third kappa shape index (κ3) is 6.54. The second kappa shape index (κ2) is 12.1. The lowest BCUT2D eigenvalue weighted by Crippen LogP contribution is -2.31. The van der Waals surface area contributed by atoms with Gasteiger partial charge >= 0.3 is 7.82 Å². The van der Waals surface area contributed by atoms with E-state index in [1.807, 2.05) is 17.9 Å². The Kier molecular flexibility index (Phi) is 7.69. The van der Waals surface area contributed by atoms with Crippen molar-refractivity contribution in [1.29, 1.82) is 0 Å². The Labute approximate surface area is 260 Å². The van der Waals surface area contributed by atoms with Crippen LogP contribution in [0.4, 0.5) is 15.8 Å². The molecule has 0 radical (unpaired) electrons. The van der Waals surface area contributed by atoms with Crippen LogP contribution in [0.2, 0.25) is 0 Å². The van der Waals surface area contributed by atoms with Crippen molar-refractivity contribution in [3.8, 4) is 28.7 Å². The van der Waals surface area contributed by atoms with Crippen LogP contribution in [0, 0.1) is 12.7 Å². The van der Waals surface area contributed by atoms with Crippen molar-refractivity contribution >= 4 is 19.2 Å². The standard InChI is InChI=1S/C35H30FN2O6P/c1-25-7-11-29(12-8-25)37-21-26-19-32(15-17-34(26)40-23-37)43-45(39,42-31-5-3-2-4-6-31)44-33-16-18-35-27(20-33)22-38(24-41-35)30-13-9-28(36)10-14-30/h2-20H,21-24H2,1H3. The minimum Gasteiger partial charge on any atom is -0.473 e. The molecular weight excluding hydrogens is 594 g/mol. The van der Waals surface area contributed by atoms with Crippen LogP contribution < -0.4 is 32.8 Å². The number of anilines is 2. The van der Waals surface area contributed by atoms with Crippen molar-refractivity contribution in [2.24, 2.45) is 0 Å². The molecular formula is C35H30FN2O6P. The van der Waals surface area contributed by atoms with Crippen LogP contribution >= 0.6 is 7.82 Å². The van der Waals surface area contributed by atoms with E-state index in [0.717, 1.165) is 28.3 Å². The minimum atomic E-state index is -4.27. The number of phosphoric ester groups is 1. The number of aryl methyl sites for hydroxylation is 1. The van der Waals surface area contributed by atoms with E-state index in [9.17, 15) is 8.96 Å². The number of hydrogen-bond acceptors (Lipinski definition) is 8. The molecule has 10 heteroatoms. The summed E-state index contributed by atoms with van der Waals surface area (Å²) in [7, 11) is -4.27. The molecule has 5 aromatic rings. The first-order valence-electron chi connectivity index (χ1n) is 14.5. The van der Waals surface area contributed by atoms with Crippen molar-refractivity contribution in [1.82, 2.24) is 0 Å². The maximum atomic E-state index is 14.3. The van der Waals surface area contributed by atoms with E-state index >= 15 is 0 Å². The van der Waals surface area contributed by atoms with Gasteiger partial charge in [-0.1, -0.05) is 35.9 Å². The molecule has 0 N–H and O–H groups in total. The Balaban J connectivity index is 1.14. The fourth-order valence-electron chi connectivity index (χ4n) is 5.22. The molecule has 45 heavy (non-hydrogen) atoms. The number of halogens is 1. The molecule has 2 heterocycles. The maximum Gasteiger partial charge on any atom is 0.647 e. The van der Waals surface area contributed by atoms with Crippen molar-refractivity contribution in [3.05, 3.63) is 138 Å². The van der Waals surface area contributed by atoms with E-state index in [2.05, 4.69) is 29.2 Å². The molecule has 0 saturated carbocycles. The van der Waals surface area contributed by atoms with Gasteiger partial charge in [-0.2, -0.15) is 4.57 Å². The summed E-state index contributed by atoms with van der Waals surface area (Å²) in [5.74, 6) is 2.02. The third-order valence-corrected chi connectivity index (χ3v) is 8.83. The van der Waals surface area contributed by atoms with E-state index in [1.54, 1.807) is 72.8 Å². The Bertz CT molecular complexity index is 1740. The second-order valence-electron chi connectivity index (χ2n) is 10.8. The smallest absolute Gasteiger partial charge is 0.473 e. The predicted octanol–water partition coefficient (Wildman–Crippen LogP) is 8.49. The Hall–Kier alpha value is -5.14. The molecule has 0 fully saturated rings. The monoisotopic (exact) mass is 624 g/mol. The van der Waals surface area contributed by atoms with Gasteiger partial charge in [0.15, 0.2) is 13.5 Å². The number of nitrogens with zero attached hydrogens (tertiary/aromatic N) is 2. The van der Waals surface area contributed by atoms with Crippen molar-refractivity contribution in [2.75, 3.05) is 23.3 Å². The highest BCUT2D eigenvalue weighted by Gasteiger charge is 2.34. The van der Waals surface area contributed by atoms with Gasteiger partial charge in [0.1, 0.15) is 34.6 Å². The first kappa shape index (κ1) is 28.6. The molecule has 0 spiro atoms. The van der Waals surface area contributed by atoms with E-state index in [-0.39, 0.29) is 11.6 Å². The van der Waals surface area contributed by atoms with Crippen LogP contribution in [0.15, 0.2) is 115 Å². The van der Waals surface area contributed by atoms with Gasteiger partial charge in [-0.25, -0.2) is 4.39 Å². The van der Waals surface area contributed by atoms with Gasteiger partial charge in [-0.15, -0.1) is 0 Å². The number of hydrogen-bond donors (Lipinski definition) is 0. The average molecular weight is 625 g/mol. The molecule has 0 aromatic heterocycles. The lowest BCUT2D eigenvalue weighted by Gasteiger charge is -2.31. The molecule has 1 unspecified atom stereocenters. The maximum absolute atomic E-state index is 14.3. The summed E-state index contributed by atoms with van der Waals surface area (Å²) in [5.41, 5.74) is 4.70. The van der Waals surface area contributed by atoms with Crippen LogP contribution in [0.1, 0.15) is 16.7 Å². The lowest BCUT2D eigenvalue weighted by molar-refractivity contribution is 0.283. The highest BCUT2D eigenvalue weighted by molar-refractivity contribution is 7.49. The van der Waals surface area contributed by atoms with Gasteiger partial charge < -0.3 is 32.8 Å². The molecule has 1 atom stereocenters. The second-order valence-corrected chi connectivity index (χ2v) is 12.3. The van der Waals surface area contributed by atoms with E-state index < -0.39 is 7.82 Å². The number of rotatable bonds is 8. The molecule has 0 saturated heterocycles. The minimum absolute atomic E-state index is 0.282. The molecule has 5 aromatic carbocycles.